The van der Waals surface area contributed by atoms with Crippen molar-refractivity contribution in [1.82, 2.24) is 4.90 Å². The van der Waals surface area contributed by atoms with Crippen LogP contribution in [0.25, 0.3) is 0 Å². The number of aliphatic hydroxyl groups is 1. The molecule has 1 aromatic rings. The van der Waals surface area contributed by atoms with Crippen LogP contribution in [0.5, 0.6) is 0 Å². The molecular formula is C15H23N3O3. The van der Waals surface area contributed by atoms with Crippen LogP contribution in [0.15, 0.2) is 18.2 Å². The predicted octanol–water partition coefficient (Wildman–Crippen LogP) is 2.37. The summed E-state index contributed by atoms with van der Waals surface area (Å²) in [5.41, 5.74) is 1.03. The summed E-state index contributed by atoms with van der Waals surface area (Å²) < 4.78 is 0. The lowest BCUT2D eigenvalue weighted by Gasteiger charge is -2.28. The summed E-state index contributed by atoms with van der Waals surface area (Å²) in [6.45, 7) is 1.30. The van der Waals surface area contributed by atoms with E-state index in [1.165, 1.54) is 6.07 Å². The monoisotopic (exact) mass is 293 g/mol. The molecule has 1 saturated carbocycles. The van der Waals surface area contributed by atoms with Gasteiger partial charge < -0.3 is 10.4 Å². The molecule has 0 unspecified atom stereocenters. The molecule has 2 N–H and O–H groups in total. The SMILES string of the molecule is CNc1cc(CN(C)CC2(O)CCCC2)ccc1[N+](=O)[O-]. The van der Waals surface area contributed by atoms with Crippen LogP contribution in [-0.4, -0.2) is 41.2 Å². The fourth-order valence-electron chi connectivity index (χ4n) is 3.10. The van der Waals surface area contributed by atoms with Crippen molar-refractivity contribution < 1.29 is 10.0 Å². The number of nitro benzene ring substituents is 1. The number of benzene rings is 1. The van der Waals surface area contributed by atoms with Crippen molar-refractivity contribution in [3.8, 4) is 0 Å². The van der Waals surface area contributed by atoms with Crippen molar-refractivity contribution in [2.75, 3.05) is 26.0 Å². The Morgan fingerprint density at radius 1 is 1.43 bits per heavy atom. The van der Waals surface area contributed by atoms with E-state index in [-0.39, 0.29) is 10.6 Å². The lowest BCUT2D eigenvalue weighted by molar-refractivity contribution is -0.384. The Morgan fingerprint density at radius 2 is 2.10 bits per heavy atom. The second kappa shape index (κ2) is 6.41. The van der Waals surface area contributed by atoms with E-state index in [2.05, 4.69) is 10.2 Å². The van der Waals surface area contributed by atoms with Crippen LogP contribution in [0, 0.1) is 10.1 Å². The molecule has 0 saturated heterocycles. The zero-order valence-corrected chi connectivity index (χ0v) is 12.6. The predicted molar refractivity (Wildman–Crippen MR) is 82.4 cm³/mol. The Balaban J connectivity index is 2.03. The molecule has 6 nitrogen and oxygen atoms in total. The maximum Gasteiger partial charge on any atom is 0.292 e. The van der Waals surface area contributed by atoms with Crippen LogP contribution in [0.4, 0.5) is 11.4 Å². The number of anilines is 1. The van der Waals surface area contributed by atoms with E-state index in [1.54, 1.807) is 19.2 Å². The highest BCUT2D eigenvalue weighted by atomic mass is 16.6. The third kappa shape index (κ3) is 3.92. The normalized spacial score (nSPS) is 17.1. The third-order valence-electron chi connectivity index (χ3n) is 4.08. The van der Waals surface area contributed by atoms with E-state index < -0.39 is 5.60 Å². The molecule has 6 heteroatoms. The molecule has 0 radical (unpaired) electrons. The number of likely N-dealkylation sites (N-methyl/N-ethyl adjacent to an activating group) is 1. The van der Waals surface area contributed by atoms with Gasteiger partial charge in [-0.15, -0.1) is 0 Å². The Kier molecular flexibility index (Phi) is 4.80. The summed E-state index contributed by atoms with van der Waals surface area (Å²) in [6.07, 6.45) is 3.90. The third-order valence-corrected chi connectivity index (χ3v) is 4.08. The smallest absolute Gasteiger partial charge is 0.292 e. The minimum Gasteiger partial charge on any atom is -0.389 e. The highest BCUT2D eigenvalue weighted by Crippen LogP contribution is 2.30. The molecule has 0 atom stereocenters. The first-order chi connectivity index (χ1) is 9.93. The highest BCUT2D eigenvalue weighted by molar-refractivity contribution is 5.62. The van der Waals surface area contributed by atoms with Gasteiger partial charge in [0, 0.05) is 26.2 Å². The van der Waals surface area contributed by atoms with Crippen molar-refractivity contribution in [3.05, 3.63) is 33.9 Å². The van der Waals surface area contributed by atoms with Crippen LogP contribution < -0.4 is 5.32 Å². The maximum atomic E-state index is 10.9. The van der Waals surface area contributed by atoms with Crippen LogP contribution >= 0.6 is 0 Å². The van der Waals surface area contributed by atoms with E-state index in [9.17, 15) is 15.2 Å². The molecule has 1 aliphatic carbocycles. The lowest BCUT2D eigenvalue weighted by Crippen LogP contribution is -2.38. The number of nitro groups is 1. The van der Waals surface area contributed by atoms with Gasteiger partial charge in [-0.25, -0.2) is 0 Å². The van der Waals surface area contributed by atoms with Crippen molar-refractivity contribution in [2.45, 2.75) is 37.8 Å². The quantitative estimate of drug-likeness (QED) is 0.622. The minimum atomic E-state index is -0.568. The van der Waals surface area contributed by atoms with Crippen molar-refractivity contribution in [2.24, 2.45) is 0 Å². The molecular weight excluding hydrogens is 270 g/mol. The minimum absolute atomic E-state index is 0.0818. The number of nitrogens with one attached hydrogen (secondary N) is 1. The molecule has 0 spiro atoms. The fourth-order valence-corrected chi connectivity index (χ4v) is 3.10. The van der Waals surface area contributed by atoms with Gasteiger partial charge in [0.2, 0.25) is 0 Å². The van der Waals surface area contributed by atoms with Crippen LogP contribution in [0.2, 0.25) is 0 Å². The largest absolute Gasteiger partial charge is 0.389 e. The molecule has 0 bridgehead atoms. The van der Waals surface area contributed by atoms with E-state index in [0.29, 0.717) is 18.8 Å². The van der Waals surface area contributed by atoms with Gasteiger partial charge in [-0.1, -0.05) is 18.9 Å². The summed E-state index contributed by atoms with van der Waals surface area (Å²) in [7, 11) is 3.65. The molecule has 0 aliphatic heterocycles. The van der Waals surface area contributed by atoms with Crippen molar-refractivity contribution in [3.63, 3.8) is 0 Å². The van der Waals surface area contributed by atoms with Gasteiger partial charge in [-0.3, -0.25) is 15.0 Å². The van der Waals surface area contributed by atoms with Gasteiger partial charge in [-0.2, -0.15) is 0 Å². The maximum absolute atomic E-state index is 10.9. The Labute approximate surface area is 124 Å². The summed E-state index contributed by atoms with van der Waals surface area (Å²) in [5, 5.41) is 24.2. The van der Waals surface area contributed by atoms with Gasteiger partial charge in [-0.05, 0) is 31.5 Å². The molecule has 0 aromatic heterocycles. The molecule has 2 rings (SSSR count). The lowest BCUT2D eigenvalue weighted by atomic mass is 10.0. The zero-order chi connectivity index (χ0) is 15.5. The fraction of sp³-hybridized carbons (Fsp3) is 0.600. The van der Waals surface area contributed by atoms with Crippen LogP contribution in [-0.2, 0) is 6.54 Å². The number of rotatable bonds is 6. The molecule has 21 heavy (non-hydrogen) atoms. The summed E-state index contributed by atoms with van der Waals surface area (Å²) in [5.74, 6) is 0. The molecule has 1 fully saturated rings. The molecule has 0 heterocycles. The highest BCUT2D eigenvalue weighted by Gasteiger charge is 2.32. The molecule has 116 valence electrons. The van der Waals surface area contributed by atoms with Gasteiger partial charge >= 0.3 is 0 Å². The average Bonchev–Trinajstić information content (AvgIpc) is 2.84. The number of hydrogen-bond donors (Lipinski definition) is 2. The topological polar surface area (TPSA) is 78.6 Å². The Morgan fingerprint density at radius 3 is 2.67 bits per heavy atom. The Bertz CT molecular complexity index is 513. The Hall–Kier alpha value is -1.66. The number of hydrogen-bond acceptors (Lipinski definition) is 5. The number of nitrogens with zero attached hydrogens (tertiary/aromatic N) is 2. The van der Waals surface area contributed by atoms with E-state index >= 15 is 0 Å². The molecule has 1 aromatic carbocycles. The first-order valence-electron chi connectivity index (χ1n) is 7.29. The van der Waals surface area contributed by atoms with Gasteiger partial charge in [0.05, 0.1) is 10.5 Å². The van der Waals surface area contributed by atoms with Crippen LogP contribution in [0.1, 0.15) is 31.2 Å². The standard InChI is InChI=1S/C15H23N3O3/c1-16-13-9-12(5-6-14(13)18(20)21)10-17(2)11-15(19)7-3-4-8-15/h5-6,9,16,19H,3-4,7-8,10-11H2,1-2H3. The summed E-state index contributed by atoms with van der Waals surface area (Å²) >= 11 is 0. The molecule has 0 amide bonds. The van der Waals surface area contributed by atoms with E-state index in [4.69, 9.17) is 0 Å². The first kappa shape index (κ1) is 15.7. The summed E-state index contributed by atoms with van der Waals surface area (Å²) in [6, 6.07) is 5.10. The summed E-state index contributed by atoms with van der Waals surface area (Å²) in [4.78, 5) is 12.6. The van der Waals surface area contributed by atoms with E-state index in [0.717, 1.165) is 31.2 Å². The zero-order valence-electron chi connectivity index (χ0n) is 12.6. The van der Waals surface area contributed by atoms with Gasteiger partial charge in [0.1, 0.15) is 5.69 Å². The van der Waals surface area contributed by atoms with Gasteiger partial charge in [0.25, 0.3) is 5.69 Å². The van der Waals surface area contributed by atoms with Crippen molar-refractivity contribution in [1.29, 1.82) is 0 Å². The van der Waals surface area contributed by atoms with Gasteiger partial charge in [0.15, 0.2) is 0 Å². The van der Waals surface area contributed by atoms with Crippen molar-refractivity contribution >= 4 is 11.4 Å². The second-order valence-corrected chi connectivity index (χ2v) is 5.96. The van der Waals surface area contributed by atoms with Crippen LogP contribution in [0.3, 0.4) is 0 Å². The van der Waals surface area contributed by atoms with E-state index in [1.807, 2.05) is 7.05 Å². The average molecular weight is 293 g/mol. The second-order valence-electron chi connectivity index (χ2n) is 5.96. The molecule has 1 aliphatic rings. The first-order valence-corrected chi connectivity index (χ1v) is 7.29.